The summed E-state index contributed by atoms with van der Waals surface area (Å²) in [5.74, 6) is -0.0332. The van der Waals surface area contributed by atoms with Gasteiger partial charge in [-0.2, -0.15) is 5.10 Å². The van der Waals surface area contributed by atoms with Gasteiger partial charge >= 0.3 is 23.7 Å². The molecule has 3 aliphatic rings. The summed E-state index contributed by atoms with van der Waals surface area (Å²) in [4.78, 5) is 75.5. The molecule has 0 saturated carbocycles. The standard InChI is InChI=1S/C48H49N7O9/c1-7-32-35-20-31(63-28(6)56)13-14-39(35)49-42-36(32)24-54-40(42)22-38-37(44(54)58)25-62-45(59)48(38,8-2)64-47(61)53-17-15-52(16-18-53)23-29-9-11-30(12-10-29)55-43(50-51-46(55)60)34-21-33(26(3)4)41(57)19-27(34)5/h9-14,19-22,26,57H,7-8,15-18,23-25H2,1-6H3,(H,51,60). The van der Waals surface area contributed by atoms with Gasteiger partial charge in [0, 0.05) is 61.7 Å². The molecule has 0 spiro atoms. The molecule has 16 nitrogen and oxygen atoms in total. The van der Waals surface area contributed by atoms with Crippen LogP contribution in [0.15, 0.2) is 70.3 Å². The average Bonchev–Trinajstić information content (AvgIpc) is 3.84. The summed E-state index contributed by atoms with van der Waals surface area (Å²) in [7, 11) is 0. The van der Waals surface area contributed by atoms with E-state index in [1.807, 2.05) is 58.0 Å². The van der Waals surface area contributed by atoms with E-state index in [1.165, 1.54) is 11.5 Å². The normalized spacial score (nSPS) is 17.0. The van der Waals surface area contributed by atoms with Gasteiger partial charge < -0.3 is 28.8 Å². The quantitative estimate of drug-likeness (QED) is 0.123. The Hall–Kier alpha value is -7.07. The predicted octanol–water partition coefficient (Wildman–Crippen LogP) is 6.21. The number of esters is 2. The van der Waals surface area contributed by atoms with E-state index in [0.717, 1.165) is 38.8 Å². The molecule has 0 aliphatic carbocycles. The van der Waals surface area contributed by atoms with Crippen LogP contribution in [0.25, 0.3) is 39.4 Å². The highest BCUT2D eigenvalue weighted by Gasteiger charge is 2.51. The molecule has 1 fully saturated rings. The molecule has 64 heavy (non-hydrogen) atoms. The Labute approximate surface area is 368 Å². The minimum atomic E-state index is -1.85. The van der Waals surface area contributed by atoms with Crippen LogP contribution in [0.5, 0.6) is 11.5 Å². The third-order valence-electron chi connectivity index (χ3n) is 12.8. The first-order valence-corrected chi connectivity index (χ1v) is 21.6. The van der Waals surface area contributed by atoms with Crippen LogP contribution in [-0.4, -0.2) is 83.4 Å². The zero-order valence-corrected chi connectivity index (χ0v) is 36.6. The molecule has 2 N–H and O–H groups in total. The first-order chi connectivity index (χ1) is 30.7. The lowest BCUT2D eigenvalue weighted by Crippen LogP contribution is -2.53. The largest absolute Gasteiger partial charge is 0.508 e. The van der Waals surface area contributed by atoms with Crippen LogP contribution in [-0.2, 0) is 50.8 Å². The first-order valence-electron chi connectivity index (χ1n) is 21.6. The van der Waals surface area contributed by atoms with Crippen molar-refractivity contribution < 1.29 is 33.7 Å². The summed E-state index contributed by atoms with van der Waals surface area (Å²) in [6, 6.07) is 18.2. The zero-order chi connectivity index (χ0) is 45.2. The molecule has 6 heterocycles. The van der Waals surface area contributed by atoms with E-state index in [1.54, 1.807) is 46.7 Å². The predicted molar refractivity (Wildman–Crippen MR) is 236 cm³/mol. The van der Waals surface area contributed by atoms with E-state index in [2.05, 4.69) is 15.1 Å². The molecule has 330 valence electrons. The van der Waals surface area contributed by atoms with E-state index in [0.29, 0.717) is 78.9 Å². The lowest BCUT2D eigenvalue weighted by Gasteiger charge is -2.39. The molecule has 6 aromatic rings. The van der Waals surface area contributed by atoms with Gasteiger partial charge in [0.1, 0.15) is 18.1 Å². The van der Waals surface area contributed by atoms with Gasteiger partial charge in [-0.3, -0.25) is 14.5 Å². The molecule has 3 aliphatic heterocycles. The number of carbonyl (C=O) groups is 3. The Kier molecular flexibility index (Phi) is 10.7. The van der Waals surface area contributed by atoms with Gasteiger partial charge in [0.25, 0.3) is 5.56 Å². The third-order valence-corrected chi connectivity index (χ3v) is 12.8. The van der Waals surface area contributed by atoms with Gasteiger partial charge in [0.05, 0.1) is 34.7 Å². The Balaban J connectivity index is 0.913. The molecule has 1 saturated heterocycles. The van der Waals surface area contributed by atoms with Crippen molar-refractivity contribution in [3.05, 3.63) is 120 Å². The molecule has 1 amide bonds. The number of phenolic OH excluding ortho intramolecular Hbond substituents is 1. The topological polar surface area (TPSA) is 191 Å². The van der Waals surface area contributed by atoms with Crippen molar-refractivity contribution in [1.82, 2.24) is 34.1 Å². The number of aromatic nitrogens is 5. The molecule has 3 aromatic carbocycles. The number of nitrogens with zero attached hydrogens (tertiary/aromatic N) is 6. The molecular weight excluding hydrogens is 819 g/mol. The number of benzene rings is 3. The van der Waals surface area contributed by atoms with Gasteiger partial charge in [-0.25, -0.2) is 29.0 Å². The number of aryl methyl sites for hydroxylation is 2. The molecule has 1 unspecified atom stereocenters. The number of nitrogens with one attached hydrogen (secondary N) is 1. The number of H-pyrrole nitrogens is 1. The van der Waals surface area contributed by atoms with Gasteiger partial charge in [-0.15, -0.1) is 0 Å². The number of cyclic esters (lactones) is 1. The molecule has 0 radical (unpaired) electrons. The number of rotatable bonds is 9. The van der Waals surface area contributed by atoms with Crippen molar-refractivity contribution in [2.24, 2.45) is 0 Å². The number of aromatic amines is 1. The van der Waals surface area contributed by atoms with Crippen LogP contribution >= 0.6 is 0 Å². The fraction of sp³-hybridized carbons (Fsp3) is 0.354. The number of aromatic hydroxyl groups is 1. The number of pyridine rings is 2. The molecule has 1 atom stereocenters. The fourth-order valence-electron chi connectivity index (χ4n) is 9.37. The number of phenols is 1. The number of amides is 1. The maximum absolute atomic E-state index is 14.3. The third kappa shape index (κ3) is 7.11. The van der Waals surface area contributed by atoms with Gasteiger partial charge in [-0.05, 0) is 96.5 Å². The van der Waals surface area contributed by atoms with Crippen LogP contribution in [0.2, 0.25) is 0 Å². The number of carbonyl (C=O) groups excluding carboxylic acids is 3. The first kappa shape index (κ1) is 42.2. The van der Waals surface area contributed by atoms with Crippen molar-refractivity contribution in [1.29, 1.82) is 0 Å². The molecule has 0 bridgehead atoms. The number of hydrogen-bond donors (Lipinski definition) is 2. The minimum Gasteiger partial charge on any atom is -0.508 e. The monoisotopic (exact) mass is 867 g/mol. The summed E-state index contributed by atoms with van der Waals surface area (Å²) < 4.78 is 20.3. The van der Waals surface area contributed by atoms with E-state index in [4.69, 9.17) is 19.2 Å². The fourth-order valence-corrected chi connectivity index (χ4v) is 9.37. The van der Waals surface area contributed by atoms with E-state index < -0.39 is 23.6 Å². The van der Waals surface area contributed by atoms with Crippen molar-refractivity contribution in [2.75, 3.05) is 26.2 Å². The zero-order valence-electron chi connectivity index (χ0n) is 36.6. The second kappa shape index (κ2) is 16.2. The summed E-state index contributed by atoms with van der Waals surface area (Å²) >= 11 is 0. The number of piperazine rings is 1. The highest BCUT2D eigenvalue weighted by molar-refractivity contribution is 5.91. The second-order valence-electron chi connectivity index (χ2n) is 17.0. The van der Waals surface area contributed by atoms with Crippen LogP contribution < -0.4 is 16.0 Å². The van der Waals surface area contributed by atoms with Crippen LogP contribution in [0.1, 0.15) is 85.9 Å². The maximum atomic E-state index is 14.3. The van der Waals surface area contributed by atoms with Crippen LogP contribution in [0, 0.1) is 6.92 Å². The molecule has 3 aromatic heterocycles. The van der Waals surface area contributed by atoms with Gasteiger partial charge in [0.2, 0.25) is 5.60 Å². The van der Waals surface area contributed by atoms with Gasteiger partial charge in [0.15, 0.2) is 5.82 Å². The van der Waals surface area contributed by atoms with Crippen molar-refractivity contribution in [3.63, 3.8) is 0 Å². The van der Waals surface area contributed by atoms with E-state index >= 15 is 0 Å². The van der Waals surface area contributed by atoms with Crippen molar-refractivity contribution >= 4 is 28.9 Å². The number of ether oxygens (including phenoxy) is 3. The number of fused-ring (bicyclic) bond motifs is 5. The second-order valence-corrected chi connectivity index (χ2v) is 17.0. The maximum Gasteiger partial charge on any atom is 0.411 e. The summed E-state index contributed by atoms with van der Waals surface area (Å²) in [6.45, 7) is 13.3. The molecule has 16 heteroatoms. The Bertz CT molecular complexity index is 3010. The molecule has 9 rings (SSSR count). The summed E-state index contributed by atoms with van der Waals surface area (Å²) in [5.41, 5.74) is 5.55. The Morgan fingerprint density at radius 2 is 1.72 bits per heavy atom. The lowest BCUT2D eigenvalue weighted by atomic mass is 9.85. The average molecular weight is 868 g/mol. The number of hydrogen-bond acceptors (Lipinski definition) is 12. The smallest absolute Gasteiger partial charge is 0.411 e. The van der Waals surface area contributed by atoms with Gasteiger partial charge in [-0.1, -0.05) is 39.8 Å². The van der Waals surface area contributed by atoms with E-state index in [9.17, 15) is 29.1 Å². The highest BCUT2D eigenvalue weighted by atomic mass is 16.6. The van der Waals surface area contributed by atoms with Crippen LogP contribution in [0.4, 0.5) is 4.79 Å². The van der Waals surface area contributed by atoms with E-state index in [-0.39, 0.29) is 48.1 Å². The van der Waals surface area contributed by atoms with Crippen molar-refractivity contribution in [2.45, 2.75) is 85.6 Å². The summed E-state index contributed by atoms with van der Waals surface area (Å²) in [6.07, 6.45) is -0.00783. The summed E-state index contributed by atoms with van der Waals surface area (Å²) in [5, 5.41) is 18.2. The SMILES string of the molecule is CCc1c2c(nc3ccc(OC(C)=O)cc13)-c1cc3c(c(=O)n1C2)COC(=O)C3(CC)OC(=O)N1CCN(Cc2ccc(-n3c(-c4cc(C(C)C)c(O)cc4C)n[nH]c3=O)cc2)CC1. The Morgan fingerprint density at radius 3 is 2.41 bits per heavy atom. The lowest BCUT2D eigenvalue weighted by molar-refractivity contribution is -0.173. The Morgan fingerprint density at radius 1 is 0.969 bits per heavy atom. The minimum absolute atomic E-state index is 0.0422. The van der Waals surface area contributed by atoms with Crippen molar-refractivity contribution in [3.8, 4) is 40.0 Å². The van der Waals surface area contributed by atoms with Crippen LogP contribution in [0.3, 0.4) is 0 Å². The molecular formula is C48H49N7O9. The highest BCUT2D eigenvalue weighted by Crippen LogP contribution is 2.43.